The maximum absolute atomic E-state index is 5.98. The monoisotopic (exact) mass is 502 g/mol. The number of aromatic nitrogens is 2. The fourth-order valence-corrected chi connectivity index (χ4v) is 7.10. The fourth-order valence-electron chi connectivity index (χ4n) is 3.96. The first kappa shape index (κ1) is 24.6. The molecule has 34 heavy (non-hydrogen) atoms. The number of rotatable bonds is 10. The van der Waals surface area contributed by atoms with Crippen molar-refractivity contribution >= 4 is 39.3 Å². The minimum Gasteiger partial charge on any atom is -0.218 e. The van der Waals surface area contributed by atoms with Crippen molar-refractivity contribution in [2.75, 3.05) is 0 Å². The fraction of sp³-hybridized carbons (Fsp3) is 0.207. The maximum atomic E-state index is 5.98. The normalized spacial score (nSPS) is 12.7. The highest BCUT2D eigenvalue weighted by molar-refractivity contribution is 8.47. The smallest absolute Gasteiger partial charge is 0.167 e. The van der Waals surface area contributed by atoms with Crippen molar-refractivity contribution in [3.8, 4) is 0 Å². The Morgan fingerprint density at radius 1 is 0.588 bits per heavy atom. The Morgan fingerprint density at radius 3 is 1.35 bits per heavy atom. The molecule has 2 aromatic carbocycles. The summed E-state index contributed by atoms with van der Waals surface area (Å²) in [6, 6.07) is 30.1. The molecule has 0 aliphatic rings. The van der Waals surface area contributed by atoms with Crippen LogP contribution < -0.4 is 9.97 Å². The van der Waals surface area contributed by atoms with Crippen LogP contribution in [0.5, 0.6) is 0 Å². The highest BCUT2D eigenvalue weighted by Gasteiger charge is 2.21. The topological polar surface area (TPSA) is 28.3 Å². The van der Waals surface area contributed by atoms with Crippen LogP contribution in [0.15, 0.2) is 110 Å². The predicted octanol–water partition coefficient (Wildman–Crippen LogP) is 7.11. The summed E-state index contributed by atoms with van der Waals surface area (Å²) in [6.07, 6.45) is 12.2. The van der Waals surface area contributed by atoms with Crippen LogP contribution in [0.3, 0.4) is 0 Å². The van der Waals surface area contributed by atoms with Gasteiger partial charge in [0.25, 0.3) is 0 Å². The van der Waals surface area contributed by atoms with E-state index in [1.165, 1.54) is 22.3 Å². The molecular weight excluding hydrogens is 473 g/mol. The lowest BCUT2D eigenvalue weighted by Crippen LogP contribution is -2.06. The van der Waals surface area contributed by atoms with Gasteiger partial charge in [0.2, 0.25) is 0 Å². The Bertz CT molecular complexity index is 1030. The van der Waals surface area contributed by atoms with Crippen molar-refractivity contribution in [3.05, 3.63) is 132 Å². The van der Waals surface area contributed by atoms with Crippen LogP contribution >= 0.6 is 35.7 Å². The number of aromatic amines is 2. The number of aryl methyl sites for hydroxylation is 2. The highest BCUT2D eigenvalue weighted by Crippen LogP contribution is 2.43. The first-order valence-corrected chi connectivity index (χ1v) is 13.8. The van der Waals surface area contributed by atoms with Gasteiger partial charge >= 0.3 is 0 Å². The number of nitrogens with one attached hydrogen (secondary N) is 2. The van der Waals surface area contributed by atoms with Gasteiger partial charge in [-0.15, -0.1) is 0 Å². The number of H-pyrrole nitrogens is 2. The van der Waals surface area contributed by atoms with Gasteiger partial charge in [0.05, 0.1) is 0 Å². The van der Waals surface area contributed by atoms with E-state index in [1.54, 1.807) is 0 Å². The van der Waals surface area contributed by atoms with Crippen molar-refractivity contribution in [2.45, 2.75) is 36.2 Å². The molecule has 0 aliphatic heterocycles. The molecule has 5 heteroatoms. The largest absolute Gasteiger partial charge is 0.218 e. The van der Waals surface area contributed by atoms with E-state index < -0.39 is 0 Å². The van der Waals surface area contributed by atoms with Gasteiger partial charge in [0, 0.05) is 34.8 Å². The molecule has 4 aromatic rings. The van der Waals surface area contributed by atoms with E-state index >= 15 is 0 Å². The van der Waals surface area contributed by atoms with E-state index in [2.05, 4.69) is 94.9 Å². The summed E-state index contributed by atoms with van der Waals surface area (Å²) in [5.74, 6) is 0. The minimum absolute atomic E-state index is 0.327. The molecule has 0 aliphatic carbocycles. The van der Waals surface area contributed by atoms with Gasteiger partial charge in [-0.3, -0.25) is 0 Å². The zero-order valence-electron chi connectivity index (χ0n) is 19.1. The molecule has 0 saturated carbocycles. The van der Waals surface area contributed by atoms with E-state index in [4.69, 9.17) is 12.2 Å². The molecule has 0 spiro atoms. The lowest BCUT2D eigenvalue weighted by atomic mass is 10.0. The van der Waals surface area contributed by atoms with Gasteiger partial charge in [-0.2, -0.15) is 0 Å². The molecule has 0 bridgehead atoms. The van der Waals surface area contributed by atoms with Crippen LogP contribution in [0.2, 0.25) is 0 Å². The third-order valence-electron chi connectivity index (χ3n) is 5.78. The van der Waals surface area contributed by atoms with Crippen LogP contribution in [0.4, 0.5) is 0 Å². The van der Waals surface area contributed by atoms with E-state index in [-0.39, 0.29) is 0 Å². The van der Waals surface area contributed by atoms with Crippen LogP contribution in [-0.2, 0) is 12.8 Å². The lowest BCUT2D eigenvalue weighted by Gasteiger charge is -2.20. The first-order chi connectivity index (χ1) is 16.8. The van der Waals surface area contributed by atoms with Crippen LogP contribution in [0, 0.1) is 0 Å². The second-order valence-electron chi connectivity index (χ2n) is 8.18. The van der Waals surface area contributed by atoms with E-state index in [0.717, 1.165) is 29.2 Å². The Hall–Kier alpha value is -2.47. The number of hydrogen-bond acceptors (Lipinski definition) is 3. The van der Waals surface area contributed by atoms with E-state index in [9.17, 15) is 0 Å². The van der Waals surface area contributed by atoms with Crippen molar-refractivity contribution in [1.29, 1.82) is 0 Å². The van der Waals surface area contributed by atoms with Crippen LogP contribution in [0.1, 0.15) is 45.6 Å². The summed E-state index contributed by atoms with van der Waals surface area (Å²) in [6.45, 7) is 0. The van der Waals surface area contributed by atoms with E-state index in [0.29, 0.717) is 10.5 Å². The number of benzene rings is 2. The number of thiocarbonyl (C=S) groups is 1. The molecule has 4 rings (SSSR count). The third kappa shape index (κ3) is 7.79. The molecule has 2 aromatic heterocycles. The third-order valence-corrected chi connectivity index (χ3v) is 8.91. The second kappa shape index (κ2) is 13.4. The predicted molar refractivity (Wildman–Crippen MR) is 149 cm³/mol. The lowest BCUT2D eigenvalue weighted by molar-refractivity contribution is -0.378. The summed E-state index contributed by atoms with van der Waals surface area (Å²) in [4.78, 5) is 6.30. The van der Waals surface area contributed by atoms with Gasteiger partial charge in [0.1, 0.15) is 3.53 Å². The second-order valence-corrected chi connectivity index (χ2v) is 11.8. The maximum Gasteiger partial charge on any atom is 0.167 e. The van der Waals surface area contributed by atoms with Gasteiger partial charge in [-0.1, -0.05) is 96.4 Å². The number of pyridine rings is 2. The quantitative estimate of drug-likeness (QED) is 0.216. The van der Waals surface area contributed by atoms with Gasteiger partial charge < -0.3 is 0 Å². The molecule has 2 unspecified atom stereocenters. The average molecular weight is 503 g/mol. The average Bonchev–Trinajstić information content (AvgIpc) is 2.91. The SMILES string of the molecule is S=C(SC(CCc1ccccc1)c1cc[nH+]cc1)SC(CCc1ccccc1)c1cc[nH+]cc1. The molecule has 0 saturated heterocycles. The van der Waals surface area contributed by atoms with Crippen molar-refractivity contribution < 1.29 is 9.97 Å². The molecule has 172 valence electrons. The first-order valence-electron chi connectivity index (χ1n) is 11.6. The summed E-state index contributed by atoms with van der Waals surface area (Å²) in [5.41, 5.74) is 5.38. The highest BCUT2D eigenvalue weighted by atomic mass is 32.2. The molecule has 2 nitrogen and oxygen atoms in total. The Balaban J connectivity index is 1.44. The standard InChI is InChI=1S/C29H28N2S3/c32-29(33-27(25-15-19-30-20-16-25)13-11-23-7-3-1-4-8-23)34-28(26-17-21-31-22-18-26)14-12-24-9-5-2-6-10-24/h1-10,15-22,27-28H,11-14H2/p+2. The van der Waals surface area contributed by atoms with Gasteiger partial charge in [0.15, 0.2) is 24.8 Å². The molecular formula is C29H30N2S3+2. The van der Waals surface area contributed by atoms with Crippen molar-refractivity contribution in [1.82, 2.24) is 0 Å². The molecule has 2 atom stereocenters. The minimum atomic E-state index is 0.327. The Kier molecular flexibility index (Phi) is 9.73. The molecule has 2 heterocycles. The molecule has 2 N–H and O–H groups in total. The number of thioether (sulfide) groups is 2. The molecule has 0 amide bonds. The van der Waals surface area contributed by atoms with Crippen LogP contribution in [-0.4, -0.2) is 3.53 Å². The summed E-state index contributed by atoms with van der Waals surface area (Å²) >= 11 is 9.65. The zero-order valence-corrected chi connectivity index (χ0v) is 21.5. The number of hydrogen-bond donors (Lipinski definition) is 0. The molecule has 0 radical (unpaired) electrons. The molecule has 0 fully saturated rings. The summed E-state index contributed by atoms with van der Waals surface area (Å²) in [5, 5.41) is 0.655. The Labute approximate surface area is 216 Å². The van der Waals surface area contributed by atoms with Crippen LogP contribution in [0.25, 0.3) is 0 Å². The van der Waals surface area contributed by atoms with Gasteiger partial charge in [-0.05, 0) is 47.9 Å². The van der Waals surface area contributed by atoms with Crippen molar-refractivity contribution in [3.63, 3.8) is 0 Å². The summed E-state index contributed by atoms with van der Waals surface area (Å²) < 4.78 is 1.01. The Morgan fingerprint density at radius 2 is 0.971 bits per heavy atom. The summed E-state index contributed by atoms with van der Waals surface area (Å²) in [7, 11) is 0. The van der Waals surface area contributed by atoms with E-state index in [1.807, 2.05) is 48.3 Å². The zero-order chi connectivity index (χ0) is 23.4. The van der Waals surface area contributed by atoms with Crippen molar-refractivity contribution in [2.24, 2.45) is 0 Å². The van der Waals surface area contributed by atoms with Gasteiger partial charge in [-0.25, -0.2) is 9.97 Å².